The Hall–Kier alpha value is -2.95. The summed E-state index contributed by atoms with van der Waals surface area (Å²) < 4.78 is 1.49. The number of rotatable bonds is 3. The van der Waals surface area contributed by atoms with E-state index >= 15 is 0 Å². The second kappa shape index (κ2) is 5.55. The number of nitrogens with zero attached hydrogens (tertiary/aromatic N) is 2. The molecular formula is C20H18N2O3. The van der Waals surface area contributed by atoms with Crippen molar-refractivity contribution in [3.05, 3.63) is 69.4 Å². The maximum absolute atomic E-state index is 13.0. The van der Waals surface area contributed by atoms with Gasteiger partial charge in [0.1, 0.15) is 5.56 Å². The largest absolute Gasteiger partial charge is 0.477 e. The number of hydrogen-bond acceptors (Lipinski definition) is 3. The van der Waals surface area contributed by atoms with Crippen molar-refractivity contribution in [2.24, 2.45) is 0 Å². The molecule has 5 heteroatoms. The quantitative estimate of drug-likeness (QED) is 0.795. The number of pyridine rings is 3. The molecule has 0 unspecified atom stereocenters. The smallest absolute Gasteiger partial charge is 0.342 e. The van der Waals surface area contributed by atoms with Crippen molar-refractivity contribution >= 4 is 11.5 Å². The second-order valence-electron chi connectivity index (χ2n) is 6.64. The summed E-state index contributed by atoms with van der Waals surface area (Å²) >= 11 is 0. The summed E-state index contributed by atoms with van der Waals surface area (Å²) in [6.07, 6.45) is 5.34. The van der Waals surface area contributed by atoms with E-state index in [2.05, 4.69) is 4.98 Å². The zero-order valence-electron chi connectivity index (χ0n) is 14.1. The highest BCUT2D eigenvalue weighted by atomic mass is 16.4. The fourth-order valence-corrected chi connectivity index (χ4v) is 3.58. The molecule has 0 aliphatic heterocycles. The van der Waals surface area contributed by atoms with Crippen LogP contribution in [0.5, 0.6) is 0 Å². The van der Waals surface area contributed by atoms with E-state index in [1.165, 1.54) is 4.40 Å². The molecule has 3 aromatic heterocycles. The molecule has 0 bridgehead atoms. The van der Waals surface area contributed by atoms with E-state index in [1.807, 2.05) is 26.0 Å². The number of aryl methyl sites for hydroxylation is 2. The lowest BCUT2D eigenvalue weighted by molar-refractivity contribution is 0.0695. The predicted octanol–water partition coefficient (Wildman–Crippen LogP) is 3.55. The summed E-state index contributed by atoms with van der Waals surface area (Å²) in [4.78, 5) is 29.2. The van der Waals surface area contributed by atoms with Gasteiger partial charge in [0.2, 0.25) is 0 Å². The first-order valence-corrected chi connectivity index (χ1v) is 8.33. The molecule has 1 aliphatic carbocycles. The van der Waals surface area contributed by atoms with Gasteiger partial charge in [-0.1, -0.05) is 6.07 Å². The molecule has 25 heavy (non-hydrogen) atoms. The molecule has 1 fully saturated rings. The van der Waals surface area contributed by atoms with Crippen LogP contribution < -0.4 is 5.56 Å². The van der Waals surface area contributed by atoms with Gasteiger partial charge in [0, 0.05) is 23.7 Å². The van der Waals surface area contributed by atoms with Crippen LogP contribution in [-0.4, -0.2) is 20.5 Å². The summed E-state index contributed by atoms with van der Waals surface area (Å²) in [5, 5.41) is 9.80. The molecule has 4 rings (SSSR count). The van der Waals surface area contributed by atoms with E-state index < -0.39 is 11.5 Å². The van der Waals surface area contributed by atoms with E-state index in [4.69, 9.17) is 0 Å². The van der Waals surface area contributed by atoms with Gasteiger partial charge in [-0.25, -0.2) is 4.79 Å². The fraction of sp³-hybridized carbons (Fsp3) is 0.250. The van der Waals surface area contributed by atoms with Crippen LogP contribution in [0, 0.1) is 13.8 Å². The molecule has 1 aliphatic rings. The van der Waals surface area contributed by atoms with Gasteiger partial charge in [-0.15, -0.1) is 0 Å². The Balaban J connectivity index is 2.25. The van der Waals surface area contributed by atoms with Crippen molar-refractivity contribution in [2.45, 2.75) is 32.6 Å². The van der Waals surface area contributed by atoms with Gasteiger partial charge in [0.15, 0.2) is 0 Å². The van der Waals surface area contributed by atoms with Crippen molar-refractivity contribution in [1.29, 1.82) is 0 Å². The third-order valence-corrected chi connectivity index (χ3v) is 4.79. The number of hydrogen-bond donors (Lipinski definition) is 1. The third-order valence-electron chi connectivity index (χ3n) is 4.79. The number of carboxylic acids is 1. The molecule has 1 N–H and O–H groups in total. The molecule has 0 amide bonds. The number of carbonyl (C=O) groups is 1. The molecule has 1 saturated carbocycles. The Bertz CT molecular complexity index is 1080. The topological polar surface area (TPSA) is 71.7 Å². The molecule has 0 saturated heterocycles. The molecule has 0 aromatic carbocycles. The maximum atomic E-state index is 13.0. The second-order valence-corrected chi connectivity index (χ2v) is 6.64. The fourth-order valence-electron chi connectivity index (χ4n) is 3.58. The molecule has 0 radical (unpaired) electrons. The highest BCUT2D eigenvalue weighted by Gasteiger charge is 2.33. The van der Waals surface area contributed by atoms with Crippen molar-refractivity contribution < 1.29 is 9.90 Å². The standard InChI is InChI=1S/C20H18N2O3/c1-11-4-3-9-22-18(11)16(13-5-6-13)15(17(19(22)23)20(24)25)14-7-8-21-12(2)10-14/h3-4,7-10,13H,5-6H2,1-2H3,(H,24,25). The molecule has 126 valence electrons. The number of fused-ring (bicyclic) bond motifs is 1. The van der Waals surface area contributed by atoms with Gasteiger partial charge in [-0.2, -0.15) is 0 Å². The zero-order chi connectivity index (χ0) is 17.7. The van der Waals surface area contributed by atoms with Gasteiger partial charge in [-0.05, 0) is 67.5 Å². The monoisotopic (exact) mass is 334 g/mol. The van der Waals surface area contributed by atoms with Crippen molar-refractivity contribution in [1.82, 2.24) is 9.38 Å². The molecule has 3 heterocycles. The summed E-state index contributed by atoms with van der Waals surface area (Å²) in [5.74, 6) is -0.898. The minimum Gasteiger partial charge on any atom is -0.477 e. The average Bonchev–Trinajstić information content (AvgIpc) is 3.39. The lowest BCUT2D eigenvalue weighted by atomic mass is 9.91. The van der Waals surface area contributed by atoms with Crippen LogP contribution >= 0.6 is 0 Å². The van der Waals surface area contributed by atoms with Crippen LogP contribution in [-0.2, 0) is 0 Å². The van der Waals surface area contributed by atoms with Crippen LogP contribution in [0.2, 0.25) is 0 Å². The van der Waals surface area contributed by atoms with Crippen LogP contribution in [0.3, 0.4) is 0 Å². The number of carboxylic acid groups (broad SMARTS) is 1. The van der Waals surface area contributed by atoms with Gasteiger partial charge in [0.05, 0.1) is 5.52 Å². The SMILES string of the molecule is Cc1cc(-c2c(C(=O)O)c(=O)n3cccc(C)c3c2C2CC2)ccn1. The first kappa shape index (κ1) is 15.6. The normalized spacial score (nSPS) is 14.0. The summed E-state index contributed by atoms with van der Waals surface area (Å²) in [7, 11) is 0. The molecule has 3 aromatic rings. The minimum absolute atomic E-state index is 0.157. The minimum atomic E-state index is -1.19. The predicted molar refractivity (Wildman–Crippen MR) is 95.3 cm³/mol. The van der Waals surface area contributed by atoms with Gasteiger partial charge in [-0.3, -0.25) is 14.2 Å². The van der Waals surface area contributed by atoms with Crippen molar-refractivity contribution in [2.75, 3.05) is 0 Å². The summed E-state index contributed by atoms with van der Waals surface area (Å²) in [5.41, 5.74) is 4.24. The highest BCUT2D eigenvalue weighted by molar-refractivity contribution is 5.99. The third kappa shape index (κ3) is 2.43. The van der Waals surface area contributed by atoms with E-state index in [1.54, 1.807) is 24.5 Å². The van der Waals surface area contributed by atoms with Crippen LogP contribution in [0.1, 0.15) is 45.9 Å². The van der Waals surface area contributed by atoms with Crippen LogP contribution in [0.15, 0.2) is 41.5 Å². The van der Waals surface area contributed by atoms with Crippen LogP contribution in [0.25, 0.3) is 16.6 Å². The van der Waals surface area contributed by atoms with Gasteiger partial charge < -0.3 is 5.11 Å². The summed E-state index contributed by atoms with van der Waals surface area (Å²) in [6, 6.07) is 7.38. The number of aromatic carboxylic acids is 1. The Morgan fingerprint density at radius 2 is 2.04 bits per heavy atom. The summed E-state index contributed by atoms with van der Waals surface area (Å²) in [6.45, 7) is 3.82. The number of aromatic nitrogens is 2. The highest BCUT2D eigenvalue weighted by Crippen LogP contribution is 2.47. The van der Waals surface area contributed by atoms with E-state index in [0.29, 0.717) is 11.5 Å². The van der Waals surface area contributed by atoms with Crippen LogP contribution in [0.4, 0.5) is 0 Å². The first-order chi connectivity index (χ1) is 12.0. The first-order valence-electron chi connectivity index (χ1n) is 8.33. The van der Waals surface area contributed by atoms with E-state index in [9.17, 15) is 14.7 Å². The molecular weight excluding hydrogens is 316 g/mol. The Morgan fingerprint density at radius 1 is 1.28 bits per heavy atom. The maximum Gasteiger partial charge on any atom is 0.342 e. The zero-order valence-corrected chi connectivity index (χ0v) is 14.1. The Morgan fingerprint density at radius 3 is 2.68 bits per heavy atom. The van der Waals surface area contributed by atoms with Crippen molar-refractivity contribution in [3.63, 3.8) is 0 Å². The van der Waals surface area contributed by atoms with Crippen molar-refractivity contribution in [3.8, 4) is 11.1 Å². The lowest BCUT2D eigenvalue weighted by Crippen LogP contribution is -2.25. The van der Waals surface area contributed by atoms with E-state index in [-0.39, 0.29) is 5.56 Å². The van der Waals surface area contributed by atoms with Gasteiger partial charge in [0.25, 0.3) is 5.56 Å². The lowest BCUT2D eigenvalue weighted by Gasteiger charge is -2.18. The average molecular weight is 334 g/mol. The molecule has 5 nitrogen and oxygen atoms in total. The van der Waals surface area contributed by atoms with E-state index in [0.717, 1.165) is 40.7 Å². The Kier molecular flexibility index (Phi) is 3.46. The molecule has 0 atom stereocenters. The Labute approximate surface area is 144 Å². The van der Waals surface area contributed by atoms with Gasteiger partial charge >= 0.3 is 5.97 Å². The molecule has 0 spiro atoms.